The molecule has 0 aliphatic carbocycles. The van der Waals surface area contributed by atoms with Crippen LogP contribution in [0.5, 0.6) is 5.75 Å². The summed E-state index contributed by atoms with van der Waals surface area (Å²) in [5, 5.41) is 2.73. The Kier molecular flexibility index (Phi) is 5.33. The van der Waals surface area contributed by atoms with E-state index < -0.39 is 0 Å². The lowest BCUT2D eigenvalue weighted by atomic mass is 10.00. The monoisotopic (exact) mass is 290 g/mol. The number of carbonyl (C=O) groups is 2. The smallest absolute Gasteiger partial charge is 0.237 e. The van der Waals surface area contributed by atoms with Crippen LogP contribution in [0.1, 0.15) is 35.2 Å². The molecule has 1 aromatic carbocycles. The third kappa shape index (κ3) is 3.61. The summed E-state index contributed by atoms with van der Waals surface area (Å²) in [7, 11) is 3.29. The summed E-state index contributed by atoms with van der Waals surface area (Å²) in [6.45, 7) is 1.50. The molecule has 21 heavy (non-hydrogen) atoms. The SMILES string of the molecule is CNC(=O)C1CCCCN1Cc1cc(C=O)ccc1OC. The zero-order valence-electron chi connectivity index (χ0n) is 12.6. The second-order valence-corrected chi connectivity index (χ2v) is 5.29. The highest BCUT2D eigenvalue weighted by Crippen LogP contribution is 2.25. The van der Waals surface area contributed by atoms with E-state index in [0.29, 0.717) is 12.1 Å². The summed E-state index contributed by atoms with van der Waals surface area (Å²) in [5.41, 5.74) is 1.57. The third-order valence-corrected chi connectivity index (χ3v) is 3.98. The Morgan fingerprint density at radius 1 is 1.48 bits per heavy atom. The van der Waals surface area contributed by atoms with Crippen molar-refractivity contribution in [1.82, 2.24) is 10.2 Å². The predicted octanol–water partition coefficient (Wildman–Crippen LogP) is 1.61. The van der Waals surface area contributed by atoms with Crippen molar-refractivity contribution in [2.75, 3.05) is 20.7 Å². The van der Waals surface area contributed by atoms with Gasteiger partial charge in [-0.15, -0.1) is 0 Å². The first-order chi connectivity index (χ1) is 10.2. The van der Waals surface area contributed by atoms with Crippen LogP contribution < -0.4 is 10.1 Å². The number of ether oxygens (including phenoxy) is 1. The second kappa shape index (κ2) is 7.22. The van der Waals surface area contributed by atoms with Crippen molar-refractivity contribution in [3.05, 3.63) is 29.3 Å². The number of hydrogen-bond donors (Lipinski definition) is 1. The normalized spacial score (nSPS) is 19.0. The summed E-state index contributed by atoms with van der Waals surface area (Å²) in [6.07, 6.45) is 3.86. The van der Waals surface area contributed by atoms with Crippen LogP contribution in [-0.2, 0) is 11.3 Å². The Morgan fingerprint density at radius 3 is 2.95 bits per heavy atom. The highest BCUT2D eigenvalue weighted by atomic mass is 16.5. The molecule has 1 saturated heterocycles. The number of amides is 1. The molecule has 0 spiro atoms. The van der Waals surface area contributed by atoms with Crippen molar-refractivity contribution in [3.63, 3.8) is 0 Å². The lowest BCUT2D eigenvalue weighted by Gasteiger charge is -2.34. The van der Waals surface area contributed by atoms with E-state index in [4.69, 9.17) is 4.74 Å². The number of carbonyl (C=O) groups excluding carboxylic acids is 2. The quantitative estimate of drug-likeness (QED) is 0.837. The number of rotatable bonds is 5. The number of nitrogens with zero attached hydrogens (tertiary/aromatic N) is 1. The number of aldehydes is 1. The van der Waals surface area contributed by atoms with Crippen molar-refractivity contribution in [2.24, 2.45) is 0 Å². The molecule has 0 bridgehead atoms. The van der Waals surface area contributed by atoms with Crippen molar-refractivity contribution in [1.29, 1.82) is 0 Å². The molecule has 1 amide bonds. The molecule has 5 heteroatoms. The summed E-state index contributed by atoms with van der Waals surface area (Å²) in [4.78, 5) is 25.1. The fraction of sp³-hybridized carbons (Fsp3) is 0.500. The average Bonchev–Trinajstić information content (AvgIpc) is 2.54. The predicted molar refractivity (Wildman–Crippen MR) is 80.5 cm³/mol. The maximum absolute atomic E-state index is 12.0. The van der Waals surface area contributed by atoms with E-state index in [1.165, 1.54) is 0 Å². The minimum absolute atomic E-state index is 0.0557. The summed E-state index contributed by atoms with van der Waals surface area (Å²) in [5.74, 6) is 0.807. The van der Waals surface area contributed by atoms with Gasteiger partial charge in [0.05, 0.1) is 13.2 Å². The Morgan fingerprint density at radius 2 is 2.29 bits per heavy atom. The number of nitrogens with one attached hydrogen (secondary N) is 1. The maximum Gasteiger partial charge on any atom is 0.237 e. The van der Waals surface area contributed by atoms with Gasteiger partial charge in [0, 0.05) is 24.7 Å². The molecular formula is C16H22N2O3. The molecule has 0 radical (unpaired) electrons. The fourth-order valence-corrected chi connectivity index (χ4v) is 2.86. The molecule has 1 atom stereocenters. The Hall–Kier alpha value is -1.88. The molecule has 1 aliphatic rings. The van der Waals surface area contributed by atoms with Gasteiger partial charge in [-0.2, -0.15) is 0 Å². The van der Waals surface area contributed by atoms with Gasteiger partial charge in [-0.3, -0.25) is 14.5 Å². The van der Waals surface area contributed by atoms with Crippen LogP contribution in [-0.4, -0.2) is 43.8 Å². The molecule has 1 heterocycles. The lowest BCUT2D eigenvalue weighted by molar-refractivity contribution is -0.127. The van der Waals surface area contributed by atoms with Gasteiger partial charge in [0.25, 0.3) is 0 Å². The van der Waals surface area contributed by atoms with Gasteiger partial charge in [0.2, 0.25) is 5.91 Å². The van der Waals surface area contributed by atoms with E-state index in [1.807, 2.05) is 6.07 Å². The molecule has 114 valence electrons. The molecule has 1 fully saturated rings. The van der Waals surface area contributed by atoms with E-state index in [2.05, 4.69) is 10.2 Å². The van der Waals surface area contributed by atoms with E-state index in [9.17, 15) is 9.59 Å². The molecule has 5 nitrogen and oxygen atoms in total. The second-order valence-electron chi connectivity index (χ2n) is 5.29. The summed E-state index contributed by atoms with van der Waals surface area (Å²) >= 11 is 0. The molecule has 1 N–H and O–H groups in total. The van der Waals surface area contributed by atoms with Crippen molar-refractivity contribution in [3.8, 4) is 5.75 Å². The van der Waals surface area contributed by atoms with Gasteiger partial charge >= 0.3 is 0 Å². The third-order valence-electron chi connectivity index (χ3n) is 3.98. The first-order valence-electron chi connectivity index (χ1n) is 7.27. The van der Waals surface area contributed by atoms with E-state index in [-0.39, 0.29) is 11.9 Å². The largest absolute Gasteiger partial charge is 0.496 e. The van der Waals surface area contributed by atoms with Gasteiger partial charge in [-0.05, 0) is 37.6 Å². The molecule has 0 aromatic heterocycles. The molecule has 1 aliphatic heterocycles. The van der Waals surface area contributed by atoms with Crippen LogP contribution in [0.3, 0.4) is 0 Å². The fourth-order valence-electron chi connectivity index (χ4n) is 2.86. The molecule has 1 aromatic rings. The van der Waals surface area contributed by atoms with Crippen LogP contribution >= 0.6 is 0 Å². The van der Waals surface area contributed by atoms with Crippen LogP contribution in [0.25, 0.3) is 0 Å². The molecule has 1 unspecified atom stereocenters. The Bertz CT molecular complexity index is 516. The highest BCUT2D eigenvalue weighted by Gasteiger charge is 2.28. The summed E-state index contributed by atoms with van der Waals surface area (Å²) in [6, 6.07) is 5.27. The van der Waals surface area contributed by atoms with E-state index >= 15 is 0 Å². The zero-order valence-corrected chi connectivity index (χ0v) is 12.6. The van der Waals surface area contributed by atoms with Crippen LogP contribution in [0.2, 0.25) is 0 Å². The van der Waals surface area contributed by atoms with E-state index in [0.717, 1.165) is 43.4 Å². The molecule has 0 saturated carbocycles. The number of likely N-dealkylation sites (N-methyl/N-ethyl adjacent to an activating group) is 1. The van der Waals surface area contributed by atoms with Gasteiger partial charge in [-0.1, -0.05) is 6.42 Å². The number of piperidine rings is 1. The molecule has 2 rings (SSSR count). The van der Waals surface area contributed by atoms with E-state index in [1.54, 1.807) is 26.3 Å². The van der Waals surface area contributed by atoms with Crippen molar-refractivity contribution < 1.29 is 14.3 Å². The van der Waals surface area contributed by atoms with Crippen molar-refractivity contribution >= 4 is 12.2 Å². The minimum atomic E-state index is -0.103. The minimum Gasteiger partial charge on any atom is -0.496 e. The van der Waals surface area contributed by atoms with Crippen LogP contribution in [0.4, 0.5) is 0 Å². The topological polar surface area (TPSA) is 58.6 Å². The standard InChI is InChI=1S/C16H22N2O3/c1-17-16(20)14-5-3-4-8-18(14)10-13-9-12(11-19)6-7-15(13)21-2/h6-7,9,11,14H,3-5,8,10H2,1-2H3,(H,17,20). The van der Waals surface area contributed by atoms with Crippen LogP contribution in [0.15, 0.2) is 18.2 Å². The first-order valence-corrected chi connectivity index (χ1v) is 7.27. The number of likely N-dealkylation sites (tertiary alicyclic amines) is 1. The number of hydrogen-bond acceptors (Lipinski definition) is 4. The summed E-state index contributed by atoms with van der Waals surface area (Å²) < 4.78 is 5.37. The van der Waals surface area contributed by atoms with Gasteiger partial charge < -0.3 is 10.1 Å². The maximum atomic E-state index is 12.0. The number of methoxy groups -OCH3 is 1. The first kappa shape index (κ1) is 15.5. The average molecular weight is 290 g/mol. The lowest BCUT2D eigenvalue weighted by Crippen LogP contribution is -2.48. The van der Waals surface area contributed by atoms with Gasteiger partial charge in [-0.25, -0.2) is 0 Å². The van der Waals surface area contributed by atoms with Gasteiger partial charge in [0.15, 0.2) is 0 Å². The van der Waals surface area contributed by atoms with Crippen molar-refractivity contribution in [2.45, 2.75) is 31.8 Å². The number of benzene rings is 1. The Labute approximate surface area is 125 Å². The van der Waals surface area contributed by atoms with Gasteiger partial charge in [0.1, 0.15) is 12.0 Å². The Balaban J connectivity index is 2.22. The van der Waals surface area contributed by atoms with Crippen LogP contribution in [0, 0.1) is 0 Å². The molecular weight excluding hydrogens is 268 g/mol. The highest BCUT2D eigenvalue weighted by molar-refractivity contribution is 5.81. The zero-order chi connectivity index (χ0) is 15.2.